The van der Waals surface area contributed by atoms with Crippen LogP contribution in [0.4, 0.5) is 0 Å². The van der Waals surface area contributed by atoms with Crippen LogP contribution in [0, 0.1) is 0 Å². The Morgan fingerprint density at radius 2 is 1.96 bits per heavy atom. The largest absolute Gasteiger partial charge is 0.497 e. The van der Waals surface area contributed by atoms with Crippen molar-refractivity contribution >= 4 is 40.8 Å². The number of nitrogens with one attached hydrogen (secondary N) is 2. The highest BCUT2D eigenvalue weighted by molar-refractivity contribution is 7.16. The van der Waals surface area contributed by atoms with Crippen LogP contribution in [0.3, 0.4) is 0 Å². The Morgan fingerprint density at radius 1 is 1.24 bits per heavy atom. The van der Waals surface area contributed by atoms with E-state index in [2.05, 4.69) is 10.6 Å². The second kappa shape index (κ2) is 9.25. The summed E-state index contributed by atoms with van der Waals surface area (Å²) in [4.78, 5) is 24.9. The third-order valence-electron chi connectivity index (χ3n) is 3.36. The number of hydrogen-bond donors (Lipinski definition) is 2. The molecule has 2 rings (SSSR count). The molecule has 5 nitrogen and oxygen atoms in total. The lowest BCUT2D eigenvalue weighted by atomic mass is 10.2. The maximum atomic E-state index is 12.0. The van der Waals surface area contributed by atoms with Crippen molar-refractivity contribution < 1.29 is 14.3 Å². The predicted molar refractivity (Wildman–Crippen MR) is 101 cm³/mol. The molecule has 2 aromatic rings. The maximum absolute atomic E-state index is 12.0. The second-order valence-electron chi connectivity index (χ2n) is 5.26. The molecule has 0 aliphatic heterocycles. The summed E-state index contributed by atoms with van der Waals surface area (Å²) in [5, 5.41) is 5.39. The van der Waals surface area contributed by atoms with Crippen LogP contribution in [0.5, 0.6) is 5.75 Å². The zero-order chi connectivity index (χ0) is 18.2. The summed E-state index contributed by atoms with van der Waals surface area (Å²) < 4.78 is 5.75. The van der Waals surface area contributed by atoms with E-state index in [4.69, 9.17) is 16.3 Å². The first-order valence-corrected chi connectivity index (χ1v) is 8.82. The fraction of sp³-hybridized carbons (Fsp3) is 0.222. The third kappa shape index (κ3) is 6.25. The van der Waals surface area contributed by atoms with Crippen molar-refractivity contribution in [2.45, 2.75) is 19.5 Å². The molecule has 25 heavy (non-hydrogen) atoms. The lowest BCUT2D eigenvalue weighted by Gasteiger charge is -2.12. The normalized spacial score (nSPS) is 12.0. The topological polar surface area (TPSA) is 67.4 Å². The van der Waals surface area contributed by atoms with Gasteiger partial charge in [-0.25, -0.2) is 0 Å². The average molecular weight is 379 g/mol. The van der Waals surface area contributed by atoms with E-state index in [0.29, 0.717) is 10.9 Å². The van der Waals surface area contributed by atoms with Crippen molar-refractivity contribution in [1.82, 2.24) is 10.6 Å². The van der Waals surface area contributed by atoms with Crippen molar-refractivity contribution in [2.24, 2.45) is 0 Å². The molecule has 1 atom stereocenters. The van der Waals surface area contributed by atoms with E-state index in [1.165, 1.54) is 17.4 Å². The van der Waals surface area contributed by atoms with Crippen LogP contribution in [0.2, 0.25) is 4.34 Å². The van der Waals surface area contributed by atoms with Gasteiger partial charge in [0, 0.05) is 11.0 Å². The minimum atomic E-state index is -0.636. The van der Waals surface area contributed by atoms with Crippen LogP contribution in [-0.2, 0) is 16.1 Å². The Morgan fingerprint density at radius 3 is 2.56 bits per heavy atom. The number of ether oxygens (including phenoxy) is 1. The predicted octanol–water partition coefficient (Wildman–Crippen LogP) is 3.24. The summed E-state index contributed by atoms with van der Waals surface area (Å²) in [5.74, 6) is 0.160. The van der Waals surface area contributed by atoms with Crippen molar-refractivity contribution in [1.29, 1.82) is 0 Å². The maximum Gasteiger partial charge on any atom is 0.244 e. The summed E-state index contributed by atoms with van der Waals surface area (Å²) in [6.07, 6.45) is 3.07. The number of carbonyl (C=O) groups excluding carboxylic acids is 2. The molecule has 0 saturated carbocycles. The number of hydrogen-bond acceptors (Lipinski definition) is 4. The summed E-state index contributed by atoms with van der Waals surface area (Å²) in [5.41, 5.74) is 0.864. The van der Waals surface area contributed by atoms with Crippen molar-refractivity contribution in [3.63, 3.8) is 0 Å². The van der Waals surface area contributed by atoms with Gasteiger partial charge in [0.1, 0.15) is 11.8 Å². The highest BCUT2D eigenvalue weighted by atomic mass is 35.5. The minimum Gasteiger partial charge on any atom is -0.497 e. The number of thiophene rings is 1. The molecule has 1 aromatic carbocycles. The van der Waals surface area contributed by atoms with Crippen molar-refractivity contribution in [2.75, 3.05) is 7.11 Å². The van der Waals surface area contributed by atoms with Crippen LogP contribution < -0.4 is 15.4 Å². The van der Waals surface area contributed by atoms with Gasteiger partial charge in [-0.2, -0.15) is 0 Å². The number of carbonyl (C=O) groups is 2. The van der Waals surface area contributed by atoms with Gasteiger partial charge in [-0.05, 0) is 42.8 Å². The summed E-state index contributed by atoms with van der Waals surface area (Å²) >= 11 is 7.25. The van der Waals surface area contributed by atoms with Crippen molar-refractivity contribution in [3.05, 3.63) is 57.3 Å². The first-order chi connectivity index (χ1) is 12.0. The van der Waals surface area contributed by atoms with Crippen LogP contribution in [0.1, 0.15) is 17.4 Å². The molecule has 2 N–H and O–H groups in total. The third-order valence-corrected chi connectivity index (χ3v) is 4.59. The number of benzene rings is 1. The molecule has 7 heteroatoms. The van der Waals surface area contributed by atoms with Crippen LogP contribution in [-0.4, -0.2) is 25.0 Å². The van der Waals surface area contributed by atoms with Gasteiger partial charge < -0.3 is 15.4 Å². The number of rotatable bonds is 7. The fourth-order valence-corrected chi connectivity index (χ4v) is 3.02. The van der Waals surface area contributed by atoms with Gasteiger partial charge in [-0.1, -0.05) is 23.7 Å². The Bertz CT molecular complexity index is 756. The second-order valence-corrected chi connectivity index (χ2v) is 7.06. The van der Waals surface area contributed by atoms with Gasteiger partial charge in [0.05, 0.1) is 18.0 Å². The Labute approximate surface area is 155 Å². The lowest BCUT2D eigenvalue weighted by Crippen LogP contribution is -2.43. The van der Waals surface area contributed by atoms with E-state index in [9.17, 15) is 9.59 Å². The molecule has 2 amide bonds. The summed E-state index contributed by atoms with van der Waals surface area (Å²) in [6.45, 7) is 2.02. The highest BCUT2D eigenvalue weighted by Gasteiger charge is 2.14. The minimum absolute atomic E-state index is 0.254. The average Bonchev–Trinajstić information content (AvgIpc) is 3.03. The summed E-state index contributed by atoms with van der Waals surface area (Å²) in [7, 11) is 1.60. The lowest BCUT2D eigenvalue weighted by molar-refractivity contribution is -0.126. The molecular formula is C18H19ClN2O3S. The molecule has 1 unspecified atom stereocenters. The van der Waals surface area contributed by atoms with Gasteiger partial charge in [-0.15, -0.1) is 11.3 Å². The van der Waals surface area contributed by atoms with Crippen LogP contribution >= 0.6 is 22.9 Å². The smallest absolute Gasteiger partial charge is 0.244 e. The molecule has 1 heterocycles. The van der Waals surface area contributed by atoms with Crippen LogP contribution in [0.25, 0.3) is 6.08 Å². The molecule has 0 radical (unpaired) electrons. The molecule has 0 aliphatic carbocycles. The monoisotopic (exact) mass is 378 g/mol. The van der Waals surface area contributed by atoms with E-state index in [1.807, 2.05) is 30.3 Å². The Hall–Kier alpha value is -2.31. The van der Waals surface area contributed by atoms with E-state index in [-0.39, 0.29) is 11.8 Å². The van der Waals surface area contributed by atoms with E-state index in [0.717, 1.165) is 16.2 Å². The first-order valence-electron chi connectivity index (χ1n) is 7.62. The first kappa shape index (κ1) is 19.0. The molecule has 0 spiro atoms. The molecule has 0 fully saturated rings. The molecular weight excluding hydrogens is 360 g/mol. The molecule has 0 saturated heterocycles. The van der Waals surface area contributed by atoms with Crippen LogP contribution in [0.15, 0.2) is 42.5 Å². The van der Waals surface area contributed by atoms with Gasteiger partial charge >= 0.3 is 0 Å². The quantitative estimate of drug-likeness (QED) is 0.727. The SMILES string of the molecule is COc1ccc(/C=C/C(=O)NC(C)C(=O)NCc2ccc(Cl)s2)cc1. The molecule has 0 aliphatic rings. The zero-order valence-electron chi connectivity index (χ0n) is 13.9. The Kier molecular flexibility index (Phi) is 7.03. The van der Waals surface area contributed by atoms with E-state index in [1.54, 1.807) is 26.2 Å². The molecule has 132 valence electrons. The highest BCUT2D eigenvalue weighted by Crippen LogP contribution is 2.20. The van der Waals surface area contributed by atoms with E-state index < -0.39 is 6.04 Å². The van der Waals surface area contributed by atoms with Gasteiger partial charge in [0.25, 0.3) is 0 Å². The molecule has 0 bridgehead atoms. The summed E-state index contributed by atoms with van der Waals surface area (Å²) in [6, 6.07) is 10.3. The van der Waals surface area contributed by atoms with Crippen molar-refractivity contribution in [3.8, 4) is 5.75 Å². The number of halogens is 1. The van der Waals surface area contributed by atoms with Gasteiger partial charge in [-0.3, -0.25) is 9.59 Å². The van der Waals surface area contributed by atoms with Gasteiger partial charge in [0.15, 0.2) is 0 Å². The number of amides is 2. The Balaban J connectivity index is 1.79. The zero-order valence-corrected chi connectivity index (χ0v) is 15.5. The van der Waals surface area contributed by atoms with E-state index >= 15 is 0 Å². The van der Waals surface area contributed by atoms with Gasteiger partial charge in [0.2, 0.25) is 11.8 Å². The fourth-order valence-electron chi connectivity index (χ4n) is 1.99. The standard InChI is InChI=1S/C18H19ClN2O3S/c1-12(18(23)20-11-15-8-9-16(19)25-15)21-17(22)10-5-13-3-6-14(24-2)7-4-13/h3-10,12H,11H2,1-2H3,(H,20,23)(H,21,22)/b10-5+. The molecule has 1 aromatic heterocycles. The number of methoxy groups -OCH3 is 1.